The van der Waals surface area contributed by atoms with Crippen LogP contribution >= 0.6 is 0 Å². The van der Waals surface area contributed by atoms with E-state index in [9.17, 15) is 13.2 Å². The van der Waals surface area contributed by atoms with Crippen LogP contribution in [0.15, 0.2) is 18.5 Å². The van der Waals surface area contributed by atoms with Gasteiger partial charge >= 0.3 is 0 Å². The number of carbonyl (C=O) groups is 1. The van der Waals surface area contributed by atoms with Crippen molar-refractivity contribution in [2.75, 3.05) is 12.0 Å². The van der Waals surface area contributed by atoms with Crippen molar-refractivity contribution in [1.82, 2.24) is 4.57 Å². The van der Waals surface area contributed by atoms with Crippen molar-refractivity contribution in [3.05, 3.63) is 24.0 Å². The minimum atomic E-state index is -2.93. The van der Waals surface area contributed by atoms with Crippen LogP contribution in [0.2, 0.25) is 0 Å². The number of sulfone groups is 1. The molecule has 4 nitrogen and oxygen atoms in total. The van der Waals surface area contributed by atoms with Gasteiger partial charge in [0, 0.05) is 30.8 Å². The van der Waals surface area contributed by atoms with Crippen LogP contribution < -0.4 is 0 Å². The number of aromatic nitrogens is 1. The summed E-state index contributed by atoms with van der Waals surface area (Å²) in [6.45, 7) is 0.396. The van der Waals surface area contributed by atoms with E-state index >= 15 is 0 Å². The van der Waals surface area contributed by atoms with E-state index in [0.29, 0.717) is 12.1 Å². The quantitative estimate of drug-likeness (QED) is 0.660. The number of rotatable bonds is 4. The first-order valence-electron chi connectivity index (χ1n) is 3.80. The molecule has 1 aromatic rings. The molecule has 1 rings (SSSR count). The molecule has 0 bridgehead atoms. The first kappa shape index (κ1) is 9.98. The van der Waals surface area contributed by atoms with Gasteiger partial charge in [-0.1, -0.05) is 0 Å². The Bertz CT molecular complexity index is 391. The van der Waals surface area contributed by atoms with Gasteiger partial charge < -0.3 is 4.57 Å². The van der Waals surface area contributed by atoms with Gasteiger partial charge in [0.05, 0.1) is 5.75 Å². The van der Waals surface area contributed by atoms with Crippen molar-refractivity contribution in [2.24, 2.45) is 0 Å². The summed E-state index contributed by atoms with van der Waals surface area (Å²) in [6.07, 6.45) is 5.24. The lowest BCUT2D eigenvalue weighted by atomic mass is 10.4. The van der Waals surface area contributed by atoms with E-state index in [1.807, 2.05) is 0 Å². The minimum absolute atomic E-state index is 0.0972. The zero-order chi connectivity index (χ0) is 9.90. The maximum atomic E-state index is 10.8. The van der Waals surface area contributed by atoms with Gasteiger partial charge in [0.2, 0.25) is 0 Å². The normalized spacial score (nSPS) is 11.5. The van der Waals surface area contributed by atoms with Crippen LogP contribution in [0.5, 0.6) is 0 Å². The molecule has 0 spiro atoms. The third-order valence-corrected chi connectivity index (χ3v) is 2.55. The van der Waals surface area contributed by atoms with Gasteiger partial charge in [-0.05, 0) is 6.07 Å². The molecule has 0 aliphatic rings. The zero-order valence-corrected chi connectivity index (χ0v) is 8.12. The Kier molecular flexibility index (Phi) is 2.87. The highest BCUT2D eigenvalue weighted by molar-refractivity contribution is 7.90. The van der Waals surface area contributed by atoms with E-state index in [4.69, 9.17) is 0 Å². The SMILES string of the molecule is CS(=O)(=O)CCn1ccc(C=O)c1. The molecule has 0 saturated heterocycles. The number of aldehydes is 1. The monoisotopic (exact) mass is 201 g/mol. The molecular formula is C8H11NO3S. The second-order valence-electron chi connectivity index (χ2n) is 2.93. The predicted octanol–water partition coefficient (Wildman–Crippen LogP) is 0.345. The summed E-state index contributed by atoms with van der Waals surface area (Å²) < 4.78 is 23.3. The van der Waals surface area contributed by atoms with E-state index in [2.05, 4.69) is 0 Å². The van der Waals surface area contributed by atoms with Crippen LogP contribution in [0.25, 0.3) is 0 Å². The van der Waals surface area contributed by atoms with Gasteiger partial charge in [-0.3, -0.25) is 4.79 Å². The number of nitrogens with zero attached hydrogens (tertiary/aromatic N) is 1. The van der Waals surface area contributed by atoms with Gasteiger partial charge in [0.1, 0.15) is 9.84 Å². The maximum absolute atomic E-state index is 10.8. The molecule has 0 aromatic carbocycles. The molecule has 0 amide bonds. The average Bonchev–Trinajstić information content (AvgIpc) is 2.47. The third-order valence-electron chi connectivity index (χ3n) is 1.63. The first-order chi connectivity index (χ1) is 6.01. The van der Waals surface area contributed by atoms with Crippen LogP contribution in [0.3, 0.4) is 0 Å². The van der Waals surface area contributed by atoms with Crippen LogP contribution in [0.4, 0.5) is 0 Å². The highest BCUT2D eigenvalue weighted by Gasteiger charge is 2.02. The van der Waals surface area contributed by atoms with E-state index in [0.717, 1.165) is 6.29 Å². The van der Waals surface area contributed by atoms with E-state index in [1.165, 1.54) is 6.26 Å². The highest BCUT2D eigenvalue weighted by Crippen LogP contribution is 1.98. The number of aryl methyl sites for hydroxylation is 1. The zero-order valence-electron chi connectivity index (χ0n) is 7.30. The molecule has 0 aliphatic heterocycles. The Balaban J connectivity index is 2.60. The molecule has 1 heterocycles. The molecule has 13 heavy (non-hydrogen) atoms. The molecule has 0 atom stereocenters. The van der Waals surface area contributed by atoms with Crippen LogP contribution in [-0.2, 0) is 16.4 Å². The largest absolute Gasteiger partial charge is 0.353 e. The van der Waals surface area contributed by atoms with Crippen molar-refractivity contribution in [2.45, 2.75) is 6.54 Å². The van der Waals surface area contributed by atoms with Gasteiger partial charge in [0.15, 0.2) is 6.29 Å². The van der Waals surface area contributed by atoms with Crippen molar-refractivity contribution < 1.29 is 13.2 Å². The van der Waals surface area contributed by atoms with Gasteiger partial charge in [-0.25, -0.2) is 8.42 Å². The number of hydrogen-bond donors (Lipinski definition) is 0. The van der Waals surface area contributed by atoms with Crippen LogP contribution in [-0.4, -0.2) is 31.3 Å². The molecule has 0 unspecified atom stereocenters. The lowest BCUT2D eigenvalue weighted by Crippen LogP contribution is -2.09. The van der Waals surface area contributed by atoms with Crippen LogP contribution in [0, 0.1) is 0 Å². The smallest absolute Gasteiger partial charge is 0.151 e. The Labute approximate surface area is 77.1 Å². The Hall–Kier alpha value is -1.10. The number of carbonyl (C=O) groups excluding carboxylic acids is 1. The topological polar surface area (TPSA) is 56.1 Å². The first-order valence-corrected chi connectivity index (χ1v) is 5.86. The second-order valence-corrected chi connectivity index (χ2v) is 5.19. The summed E-state index contributed by atoms with van der Waals surface area (Å²) in [4.78, 5) is 10.3. The van der Waals surface area contributed by atoms with E-state index in [1.54, 1.807) is 23.0 Å². The molecular weight excluding hydrogens is 190 g/mol. The van der Waals surface area contributed by atoms with Gasteiger partial charge in [-0.15, -0.1) is 0 Å². The molecule has 0 radical (unpaired) electrons. The average molecular weight is 201 g/mol. The Morgan fingerprint density at radius 2 is 2.23 bits per heavy atom. The van der Waals surface area contributed by atoms with Crippen molar-refractivity contribution in [3.63, 3.8) is 0 Å². The fraction of sp³-hybridized carbons (Fsp3) is 0.375. The van der Waals surface area contributed by atoms with Crippen molar-refractivity contribution in [1.29, 1.82) is 0 Å². The molecule has 0 saturated carbocycles. The molecule has 0 aliphatic carbocycles. The third kappa shape index (κ3) is 3.42. The summed E-state index contributed by atoms with van der Waals surface area (Å²) in [5.74, 6) is 0.0972. The summed E-state index contributed by atoms with van der Waals surface area (Å²) in [7, 11) is -2.93. The number of hydrogen-bond acceptors (Lipinski definition) is 3. The Morgan fingerprint density at radius 3 is 2.69 bits per heavy atom. The standard InChI is InChI=1S/C8H11NO3S/c1-13(11,12)5-4-9-3-2-8(6-9)7-10/h2-3,6-7H,4-5H2,1H3. The predicted molar refractivity (Wildman–Crippen MR) is 49.5 cm³/mol. The van der Waals surface area contributed by atoms with Crippen molar-refractivity contribution >= 4 is 16.1 Å². The fourth-order valence-corrected chi connectivity index (χ4v) is 1.48. The molecule has 0 fully saturated rings. The molecule has 72 valence electrons. The molecule has 5 heteroatoms. The van der Waals surface area contributed by atoms with Crippen molar-refractivity contribution in [3.8, 4) is 0 Å². The summed E-state index contributed by atoms with van der Waals surface area (Å²) in [5.41, 5.74) is 0.563. The lowest BCUT2D eigenvalue weighted by Gasteiger charge is -1.99. The summed E-state index contributed by atoms with van der Waals surface area (Å²) in [6, 6.07) is 1.65. The lowest BCUT2D eigenvalue weighted by molar-refractivity contribution is 0.112. The highest BCUT2D eigenvalue weighted by atomic mass is 32.2. The second kappa shape index (κ2) is 3.74. The summed E-state index contributed by atoms with van der Waals surface area (Å²) in [5, 5.41) is 0. The molecule has 0 N–H and O–H groups in total. The fourth-order valence-electron chi connectivity index (χ4n) is 0.939. The van der Waals surface area contributed by atoms with Crippen LogP contribution in [0.1, 0.15) is 10.4 Å². The summed E-state index contributed by atoms with van der Waals surface area (Å²) >= 11 is 0. The Morgan fingerprint density at radius 1 is 1.54 bits per heavy atom. The van der Waals surface area contributed by atoms with E-state index in [-0.39, 0.29) is 5.75 Å². The maximum Gasteiger partial charge on any atom is 0.151 e. The van der Waals surface area contributed by atoms with Gasteiger partial charge in [-0.2, -0.15) is 0 Å². The minimum Gasteiger partial charge on any atom is -0.353 e. The van der Waals surface area contributed by atoms with Gasteiger partial charge in [0.25, 0.3) is 0 Å². The molecule has 1 aromatic heterocycles. The van der Waals surface area contributed by atoms with E-state index < -0.39 is 9.84 Å².